The van der Waals surface area contributed by atoms with Crippen molar-refractivity contribution in [3.8, 4) is 0 Å². The van der Waals surface area contributed by atoms with Crippen molar-refractivity contribution in [3.05, 3.63) is 35.4 Å². The van der Waals surface area contributed by atoms with Crippen LogP contribution >= 0.6 is 0 Å². The Balaban J connectivity index is 2.79. The Morgan fingerprint density at radius 3 is 2.71 bits per heavy atom. The summed E-state index contributed by atoms with van der Waals surface area (Å²) in [6.07, 6.45) is 2.62. The molecule has 0 heterocycles. The number of rotatable bonds is 4. The fourth-order valence-electron chi connectivity index (χ4n) is 1.39. The monoisotopic (exact) mass is 199 g/mol. The molecule has 1 atom stereocenters. The van der Waals surface area contributed by atoms with Crippen molar-refractivity contribution in [1.29, 1.82) is 0 Å². The fourth-order valence-corrected chi connectivity index (χ4v) is 1.39. The van der Waals surface area contributed by atoms with Crippen LogP contribution in [0.5, 0.6) is 0 Å². The first-order valence-electron chi connectivity index (χ1n) is 4.86. The van der Waals surface area contributed by atoms with Gasteiger partial charge in [-0.25, -0.2) is 8.78 Å². The Labute approximate surface area is 82.9 Å². The molecule has 0 aliphatic heterocycles. The van der Waals surface area contributed by atoms with E-state index in [1.165, 1.54) is 6.07 Å². The van der Waals surface area contributed by atoms with E-state index in [1.54, 1.807) is 6.07 Å². The molecule has 0 spiro atoms. The van der Waals surface area contributed by atoms with E-state index < -0.39 is 17.7 Å². The Kier molecular flexibility index (Phi) is 4.01. The van der Waals surface area contributed by atoms with Gasteiger partial charge in [0.2, 0.25) is 0 Å². The molecule has 0 saturated heterocycles. The Bertz CT molecular complexity index is 299. The summed E-state index contributed by atoms with van der Waals surface area (Å²) in [5, 5.41) is 0. The molecule has 0 aliphatic carbocycles. The zero-order chi connectivity index (χ0) is 10.6. The molecule has 78 valence electrons. The highest BCUT2D eigenvalue weighted by Crippen LogP contribution is 2.21. The third-order valence-corrected chi connectivity index (χ3v) is 2.25. The van der Waals surface area contributed by atoms with E-state index in [9.17, 15) is 8.78 Å². The van der Waals surface area contributed by atoms with Crippen molar-refractivity contribution in [1.82, 2.24) is 0 Å². The van der Waals surface area contributed by atoms with Crippen LogP contribution in [-0.4, -0.2) is 0 Å². The lowest BCUT2D eigenvalue weighted by Crippen LogP contribution is -2.12. The van der Waals surface area contributed by atoms with Gasteiger partial charge in [-0.05, 0) is 12.5 Å². The van der Waals surface area contributed by atoms with E-state index in [1.807, 2.05) is 6.92 Å². The molecule has 0 saturated carbocycles. The fraction of sp³-hybridized carbons (Fsp3) is 0.455. The van der Waals surface area contributed by atoms with Gasteiger partial charge in [-0.3, -0.25) is 0 Å². The zero-order valence-corrected chi connectivity index (χ0v) is 8.26. The molecule has 0 amide bonds. The summed E-state index contributed by atoms with van der Waals surface area (Å²) in [6, 6.07) is 3.73. The number of benzene rings is 1. The van der Waals surface area contributed by atoms with Crippen LogP contribution in [0.25, 0.3) is 0 Å². The van der Waals surface area contributed by atoms with Gasteiger partial charge in [0.15, 0.2) is 11.6 Å². The first-order valence-corrected chi connectivity index (χ1v) is 4.86. The van der Waals surface area contributed by atoms with E-state index in [2.05, 4.69) is 0 Å². The lowest BCUT2D eigenvalue weighted by molar-refractivity contribution is 0.480. The highest BCUT2D eigenvalue weighted by Gasteiger charge is 2.13. The van der Waals surface area contributed by atoms with E-state index in [0.717, 1.165) is 18.9 Å². The topological polar surface area (TPSA) is 26.0 Å². The molecule has 1 nitrogen and oxygen atoms in total. The highest BCUT2D eigenvalue weighted by atomic mass is 19.2. The average molecular weight is 199 g/mol. The van der Waals surface area contributed by atoms with Crippen LogP contribution in [0.4, 0.5) is 8.78 Å². The molecule has 0 aliphatic rings. The summed E-state index contributed by atoms with van der Waals surface area (Å²) in [6.45, 7) is 2.04. The molecule has 1 aromatic rings. The van der Waals surface area contributed by atoms with Gasteiger partial charge in [-0.1, -0.05) is 31.9 Å². The van der Waals surface area contributed by atoms with Gasteiger partial charge < -0.3 is 5.73 Å². The van der Waals surface area contributed by atoms with Crippen LogP contribution in [-0.2, 0) is 0 Å². The van der Waals surface area contributed by atoms with E-state index in [4.69, 9.17) is 5.73 Å². The van der Waals surface area contributed by atoms with Crippen molar-refractivity contribution in [3.63, 3.8) is 0 Å². The average Bonchev–Trinajstić information content (AvgIpc) is 2.18. The Morgan fingerprint density at radius 2 is 2.07 bits per heavy atom. The van der Waals surface area contributed by atoms with Gasteiger partial charge in [0, 0.05) is 11.6 Å². The number of hydrogen-bond acceptors (Lipinski definition) is 1. The van der Waals surface area contributed by atoms with Crippen molar-refractivity contribution in [2.45, 2.75) is 32.2 Å². The maximum absolute atomic E-state index is 13.2. The highest BCUT2D eigenvalue weighted by molar-refractivity contribution is 5.22. The number of hydrogen-bond donors (Lipinski definition) is 1. The maximum Gasteiger partial charge on any atom is 0.163 e. The summed E-state index contributed by atoms with van der Waals surface area (Å²) in [5.74, 6) is -1.63. The molecule has 2 N–H and O–H groups in total. The second kappa shape index (κ2) is 5.05. The third kappa shape index (κ3) is 2.51. The van der Waals surface area contributed by atoms with Crippen LogP contribution in [0.1, 0.15) is 37.8 Å². The van der Waals surface area contributed by atoms with Gasteiger partial charge in [-0.15, -0.1) is 0 Å². The predicted octanol–water partition coefficient (Wildman–Crippen LogP) is 3.15. The van der Waals surface area contributed by atoms with Crippen LogP contribution in [0.15, 0.2) is 18.2 Å². The number of unbranched alkanes of at least 4 members (excludes halogenated alkanes) is 1. The minimum Gasteiger partial charge on any atom is -0.324 e. The van der Waals surface area contributed by atoms with Crippen LogP contribution in [0, 0.1) is 11.6 Å². The maximum atomic E-state index is 13.2. The third-order valence-electron chi connectivity index (χ3n) is 2.25. The summed E-state index contributed by atoms with van der Waals surface area (Å²) >= 11 is 0. The number of halogens is 2. The van der Waals surface area contributed by atoms with E-state index in [0.29, 0.717) is 6.42 Å². The molecule has 0 unspecified atom stereocenters. The van der Waals surface area contributed by atoms with E-state index in [-0.39, 0.29) is 5.56 Å². The van der Waals surface area contributed by atoms with Gasteiger partial charge in [0.25, 0.3) is 0 Å². The largest absolute Gasteiger partial charge is 0.324 e. The standard InChI is InChI=1S/C11H15F2N/c1-2-3-7-10(14)8-5-4-6-9(12)11(8)13/h4-6,10H,2-3,7,14H2,1H3/t10-/m1/s1. The first-order chi connectivity index (χ1) is 6.66. The second-order valence-corrected chi connectivity index (χ2v) is 3.39. The van der Waals surface area contributed by atoms with Gasteiger partial charge in [0.1, 0.15) is 0 Å². The van der Waals surface area contributed by atoms with Crippen molar-refractivity contribution in [2.24, 2.45) is 5.73 Å². The quantitative estimate of drug-likeness (QED) is 0.792. The molecule has 0 radical (unpaired) electrons. The van der Waals surface area contributed by atoms with Crippen LogP contribution < -0.4 is 5.73 Å². The predicted molar refractivity (Wildman–Crippen MR) is 52.8 cm³/mol. The van der Waals surface area contributed by atoms with Gasteiger partial charge in [-0.2, -0.15) is 0 Å². The summed E-state index contributed by atoms with van der Waals surface area (Å²) < 4.78 is 26.1. The molecular weight excluding hydrogens is 184 g/mol. The van der Waals surface area contributed by atoms with Crippen molar-refractivity contribution < 1.29 is 8.78 Å². The minimum atomic E-state index is -0.825. The smallest absolute Gasteiger partial charge is 0.163 e. The van der Waals surface area contributed by atoms with Gasteiger partial charge >= 0.3 is 0 Å². The lowest BCUT2D eigenvalue weighted by atomic mass is 10.0. The summed E-state index contributed by atoms with van der Waals surface area (Å²) in [5.41, 5.74) is 6.02. The summed E-state index contributed by atoms with van der Waals surface area (Å²) in [7, 11) is 0. The van der Waals surface area contributed by atoms with Crippen molar-refractivity contribution >= 4 is 0 Å². The lowest BCUT2D eigenvalue weighted by Gasteiger charge is -2.12. The second-order valence-electron chi connectivity index (χ2n) is 3.39. The Morgan fingerprint density at radius 1 is 1.36 bits per heavy atom. The normalized spacial score (nSPS) is 12.9. The SMILES string of the molecule is CCCC[C@@H](N)c1cccc(F)c1F. The molecule has 1 aromatic carbocycles. The van der Waals surface area contributed by atoms with Crippen molar-refractivity contribution in [2.75, 3.05) is 0 Å². The molecule has 0 bridgehead atoms. The van der Waals surface area contributed by atoms with Gasteiger partial charge in [0.05, 0.1) is 0 Å². The molecule has 0 fully saturated rings. The van der Waals surface area contributed by atoms with E-state index >= 15 is 0 Å². The zero-order valence-electron chi connectivity index (χ0n) is 8.26. The number of nitrogens with two attached hydrogens (primary N) is 1. The minimum absolute atomic E-state index is 0.276. The molecule has 3 heteroatoms. The van der Waals surface area contributed by atoms with Crippen LogP contribution in [0.3, 0.4) is 0 Å². The molecule has 1 rings (SSSR count). The summed E-state index contributed by atoms with van der Waals surface area (Å²) in [4.78, 5) is 0. The molecule has 0 aromatic heterocycles. The Hall–Kier alpha value is -0.960. The molecular formula is C11H15F2N. The van der Waals surface area contributed by atoms with Crippen LogP contribution in [0.2, 0.25) is 0 Å². The molecule has 14 heavy (non-hydrogen) atoms. The first kappa shape index (κ1) is 11.1.